The van der Waals surface area contributed by atoms with Crippen LogP contribution in [0.5, 0.6) is 0 Å². The summed E-state index contributed by atoms with van der Waals surface area (Å²) in [6, 6.07) is 10.9. The number of fused-ring (bicyclic) bond motifs is 3. The van der Waals surface area contributed by atoms with Crippen molar-refractivity contribution < 1.29 is 8.42 Å². The number of benzene rings is 2. The summed E-state index contributed by atoms with van der Waals surface area (Å²) in [5, 5.41) is 2.87. The topological polar surface area (TPSA) is 37.4 Å². The van der Waals surface area contributed by atoms with Gasteiger partial charge in [-0.2, -0.15) is 16.1 Å². The number of hydrogen-bond donors (Lipinski definition) is 0. The number of rotatable bonds is 2. The van der Waals surface area contributed by atoms with Crippen LogP contribution in [0.15, 0.2) is 41.3 Å². The number of halogens is 1. The van der Waals surface area contributed by atoms with Crippen molar-refractivity contribution in [2.75, 3.05) is 12.3 Å². The molecule has 2 aliphatic rings. The van der Waals surface area contributed by atoms with Gasteiger partial charge in [-0.25, -0.2) is 8.42 Å². The average molecular weight is 340 g/mol. The molecule has 2 saturated heterocycles. The number of sulfonamides is 1. The van der Waals surface area contributed by atoms with Gasteiger partial charge in [0.15, 0.2) is 0 Å². The summed E-state index contributed by atoms with van der Waals surface area (Å²) in [7, 11) is -3.40. The first-order valence-corrected chi connectivity index (χ1v) is 9.74. The van der Waals surface area contributed by atoms with Gasteiger partial charge in [0.05, 0.1) is 4.90 Å². The summed E-state index contributed by atoms with van der Waals surface area (Å²) in [6.07, 6.45) is 0.989. The van der Waals surface area contributed by atoms with E-state index in [9.17, 15) is 8.42 Å². The minimum atomic E-state index is -3.40. The Kier molecular flexibility index (Phi) is 3.23. The molecule has 6 heteroatoms. The maximum absolute atomic E-state index is 12.8. The fraction of sp³-hybridized carbons (Fsp3) is 0.333. The van der Waals surface area contributed by atoms with Crippen LogP contribution in [0.2, 0.25) is 5.02 Å². The highest BCUT2D eigenvalue weighted by atomic mass is 35.5. The highest BCUT2D eigenvalue weighted by Gasteiger charge is 2.44. The minimum absolute atomic E-state index is 0.167. The number of hydrogen-bond acceptors (Lipinski definition) is 3. The van der Waals surface area contributed by atoms with Crippen molar-refractivity contribution in [3.63, 3.8) is 0 Å². The molecule has 2 bridgehead atoms. The van der Waals surface area contributed by atoms with Gasteiger partial charge in [0, 0.05) is 34.0 Å². The summed E-state index contributed by atoms with van der Waals surface area (Å²) in [5.74, 6) is 0.920. The van der Waals surface area contributed by atoms with Gasteiger partial charge in [-0.1, -0.05) is 29.8 Å². The van der Waals surface area contributed by atoms with Crippen molar-refractivity contribution in [3.8, 4) is 0 Å². The standard InChI is InChI=1S/C15H14ClNO2S2/c16-15-3-1-2-10-6-13(4-5-14(10)15)21(18,19)17-8-12-7-11(17)9-20-12/h1-6,11-12H,7-9H2. The van der Waals surface area contributed by atoms with Gasteiger partial charge in [-0.3, -0.25) is 0 Å². The van der Waals surface area contributed by atoms with Crippen LogP contribution in [-0.4, -0.2) is 36.3 Å². The quantitative estimate of drug-likeness (QED) is 0.841. The van der Waals surface area contributed by atoms with Gasteiger partial charge in [0.25, 0.3) is 0 Å². The Labute approximate surface area is 133 Å². The molecule has 2 aromatic carbocycles. The Morgan fingerprint density at radius 1 is 1.24 bits per heavy atom. The molecular weight excluding hydrogens is 326 g/mol. The van der Waals surface area contributed by atoms with Crippen LogP contribution in [0.25, 0.3) is 10.8 Å². The summed E-state index contributed by atoms with van der Waals surface area (Å²) >= 11 is 8.03. The molecular formula is C15H14ClNO2S2. The van der Waals surface area contributed by atoms with Crippen molar-refractivity contribution in [1.29, 1.82) is 0 Å². The predicted molar refractivity (Wildman–Crippen MR) is 87.5 cm³/mol. The van der Waals surface area contributed by atoms with Crippen LogP contribution in [0.3, 0.4) is 0 Å². The normalized spacial score (nSPS) is 25.8. The van der Waals surface area contributed by atoms with Crippen molar-refractivity contribution in [2.45, 2.75) is 22.6 Å². The van der Waals surface area contributed by atoms with Crippen LogP contribution in [-0.2, 0) is 10.0 Å². The molecule has 2 fully saturated rings. The second-order valence-corrected chi connectivity index (χ2v) is 9.17. The van der Waals surface area contributed by atoms with Crippen molar-refractivity contribution in [1.82, 2.24) is 4.31 Å². The SMILES string of the molecule is O=S(=O)(c1ccc2c(Cl)cccc2c1)N1CC2CC1CS2. The monoisotopic (exact) mass is 339 g/mol. The van der Waals surface area contributed by atoms with E-state index in [1.807, 2.05) is 30.0 Å². The third kappa shape index (κ3) is 2.18. The van der Waals surface area contributed by atoms with E-state index in [1.165, 1.54) is 0 Å². The second-order valence-electron chi connectivity index (χ2n) is 5.54. The molecule has 2 aliphatic heterocycles. The van der Waals surface area contributed by atoms with E-state index in [4.69, 9.17) is 11.6 Å². The van der Waals surface area contributed by atoms with Gasteiger partial charge in [0.1, 0.15) is 0 Å². The summed E-state index contributed by atoms with van der Waals surface area (Å²) < 4.78 is 27.4. The van der Waals surface area contributed by atoms with Crippen molar-refractivity contribution in [2.24, 2.45) is 0 Å². The first-order valence-electron chi connectivity index (χ1n) is 6.87. The Bertz CT molecular complexity index is 822. The molecule has 0 aromatic heterocycles. The molecule has 0 amide bonds. The van der Waals surface area contributed by atoms with E-state index in [1.54, 1.807) is 22.5 Å². The Morgan fingerprint density at radius 2 is 2.10 bits per heavy atom. The first-order chi connectivity index (χ1) is 10.1. The van der Waals surface area contributed by atoms with Crippen LogP contribution in [0.4, 0.5) is 0 Å². The van der Waals surface area contributed by atoms with Gasteiger partial charge in [-0.05, 0) is 30.0 Å². The van der Waals surface area contributed by atoms with Crippen LogP contribution in [0.1, 0.15) is 6.42 Å². The largest absolute Gasteiger partial charge is 0.243 e. The molecule has 2 atom stereocenters. The van der Waals surface area contributed by atoms with Gasteiger partial charge in [0.2, 0.25) is 10.0 Å². The third-order valence-electron chi connectivity index (χ3n) is 4.26. The zero-order valence-electron chi connectivity index (χ0n) is 11.2. The molecule has 0 radical (unpaired) electrons. The van der Waals surface area contributed by atoms with E-state index >= 15 is 0 Å². The molecule has 0 saturated carbocycles. The zero-order chi connectivity index (χ0) is 14.6. The van der Waals surface area contributed by atoms with Gasteiger partial charge in [-0.15, -0.1) is 0 Å². The highest BCUT2D eigenvalue weighted by molar-refractivity contribution is 8.00. The molecule has 0 spiro atoms. The van der Waals surface area contributed by atoms with Crippen LogP contribution in [0, 0.1) is 0 Å². The Hall–Kier alpha value is -0.750. The Morgan fingerprint density at radius 3 is 2.81 bits per heavy atom. The smallest absolute Gasteiger partial charge is 0.207 e. The maximum Gasteiger partial charge on any atom is 0.243 e. The first kappa shape index (κ1) is 13.9. The van der Waals surface area contributed by atoms with Crippen molar-refractivity contribution in [3.05, 3.63) is 41.4 Å². The zero-order valence-corrected chi connectivity index (χ0v) is 13.6. The minimum Gasteiger partial charge on any atom is -0.207 e. The molecule has 2 unspecified atom stereocenters. The fourth-order valence-corrected chi connectivity index (χ4v) is 6.76. The van der Waals surface area contributed by atoms with Crippen LogP contribution < -0.4 is 0 Å². The second kappa shape index (κ2) is 4.88. The molecule has 3 nitrogen and oxygen atoms in total. The lowest BCUT2D eigenvalue weighted by Gasteiger charge is -2.25. The number of thioether (sulfide) groups is 1. The molecule has 2 heterocycles. The molecule has 110 valence electrons. The van der Waals surface area contributed by atoms with E-state index in [-0.39, 0.29) is 6.04 Å². The number of nitrogens with zero attached hydrogens (tertiary/aromatic N) is 1. The van der Waals surface area contributed by atoms with E-state index in [0.717, 1.165) is 22.9 Å². The van der Waals surface area contributed by atoms with Gasteiger partial charge < -0.3 is 0 Å². The van der Waals surface area contributed by atoms with E-state index in [2.05, 4.69) is 0 Å². The average Bonchev–Trinajstić information content (AvgIpc) is 3.10. The summed E-state index contributed by atoms with van der Waals surface area (Å²) in [4.78, 5) is 0.370. The maximum atomic E-state index is 12.8. The Balaban J connectivity index is 1.79. The molecule has 0 N–H and O–H groups in total. The third-order valence-corrected chi connectivity index (χ3v) is 7.89. The van der Waals surface area contributed by atoms with E-state index in [0.29, 0.717) is 21.7 Å². The lowest BCUT2D eigenvalue weighted by molar-refractivity contribution is 0.410. The van der Waals surface area contributed by atoms with Crippen molar-refractivity contribution >= 4 is 44.2 Å². The highest BCUT2D eigenvalue weighted by Crippen LogP contribution is 2.40. The molecule has 21 heavy (non-hydrogen) atoms. The molecule has 0 aliphatic carbocycles. The molecule has 2 aromatic rings. The lowest BCUT2D eigenvalue weighted by atomic mass is 10.1. The summed E-state index contributed by atoms with van der Waals surface area (Å²) in [6.45, 7) is 0.644. The predicted octanol–water partition coefficient (Wildman–Crippen LogP) is 3.37. The van der Waals surface area contributed by atoms with Gasteiger partial charge >= 0.3 is 0 Å². The fourth-order valence-electron chi connectivity index (χ4n) is 3.18. The van der Waals surface area contributed by atoms with Crippen LogP contribution >= 0.6 is 23.4 Å². The lowest BCUT2D eigenvalue weighted by Crippen LogP contribution is -2.39. The molecule has 4 rings (SSSR count). The summed E-state index contributed by atoms with van der Waals surface area (Å²) in [5.41, 5.74) is 0. The van der Waals surface area contributed by atoms with E-state index < -0.39 is 10.0 Å².